The first kappa shape index (κ1) is 9.96. The molecule has 0 saturated carbocycles. The molecule has 2 rings (SSSR count). The highest BCUT2D eigenvalue weighted by atomic mass is 16.5. The molecule has 0 aromatic rings. The fraction of sp³-hybridized carbons (Fsp3) is 1.00. The molecule has 0 atom stereocenters. The molecule has 0 radical (unpaired) electrons. The maximum Gasteiger partial charge on any atom is 0.0591 e. The van der Waals surface area contributed by atoms with Gasteiger partial charge in [-0.3, -0.25) is 0 Å². The number of hydrogen-bond donors (Lipinski definition) is 1. The predicted octanol–water partition coefficient (Wildman–Crippen LogP) is 0.793. The van der Waals surface area contributed by atoms with E-state index in [0.29, 0.717) is 0 Å². The Morgan fingerprint density at radius 3 is 1.42 bits per heavy atom. The maximum atomic E-state index is 5.07. The highest BCUT2D eigenvalue weighted by Gasteiger charge is 1.95. The SMILES string of the molecule is C1CCOCC1.C1COCCN1. The average Bonchev–Trinajstić information content (AvgIpc) is 2.24. The van der Waals surface area contributed by atoms with Gasteiger partial charge >= 0.3 is 0 Å². The molecule has 12 heavy (non-hydrogen) atoms. The second-order valence-corrected chi connectivity index (χ2v) is 3.04. The molecule has 0 aliphatic carbocycles. The lowest BCUT2D eigenvalue weighted by atomic mass is 10.2. The maximum absolute atomic E-state index is 5.07. The van der Waals surface area contributed by atoms with Gasteiger partial charge in [0.1, 0.15) is 0 Å². The van der Waals surface area contributed by atoms with E-state index >= 15 is 0 Å². The topological polar surface area (TPSA) is 30.5 Å². The van der Waals surface area contributed by atoms with Gasteiger partial charge in [-0.2, -0.15) is 0 Å². The molecule has 0 aromatic heterocycles. The first-order valence-electron chi connectivity index (χ1n) is 4.86. The fourth-order valence-corrected chi connectivity index (χ4v) is 1.20. The van der Waals surface area contributed by atoms with Gasteiger partial charge in [-0.25, -0.2) is 0 Å². The van der Waals surface area contributed by atoms with Crippen LogP contribution >= 0.6 is 0 Å². The first-order chi connectivity index (χ1) is 6.00. The Bertz CT molecular complexity index is 55.5. The number of ether oxygens (including phenoxy) is 2. The van der Waals surface area contributed by atoms with E-state index in [-0.39, 0.29) is 0 Å². The van der Waals surface area contributed by atoms with E-state index in [4.69, 9.17) is 9.47 Å². The predicted molar refractivity (Wildman–Crippen MR) is 48.4 cm³/mol. The van der Waals surface area contributed by atoms with Gasteiger partial charge in [0.05, 0.1) is 13.2 Å². The van der Waals surface area contributed by atoms with Crippen molar-refractivity contribution < 1.29 is 9.47 Å². The molecule has 3 nitrogen and oxygen atoms in total. The Kier molecular flexibility index (Phi) is 6.25. The summed E-state index contributed by atoms with van der Waals surface area (Å²) in [6.07, 6.45) is 3.93. The van der Waals surface area contributed by atoms with Gasteiger partial charge in [0.25, 0.3) is 0 Å². The molecule has 1 N–H and O–H groups in total. The summed E-state index contributed by atoms with van der Waals surface area (Å²) in [5.41, 5.74) is 0. The summed E-state index contributed by atoms with van der Waals surface area (Å²) in [7, 11) is 0. The summed E-state index contributed by atoms with van der Waals surface area (Å²) in [5, 5.41) is 3.16. The Labute approximate surface area is 74.4 Å². The van der Waals surface area contributed by atoms with Crippen LogP contribution in [0.1, 0.15) is 19.3 Å². The van der Waals surface area contributed by atoms with Crippen LogP contribution in [0.2, 0.25) is 0 Å². The van der Waals surface area contributed by atoms with Crippen molar-refractivity contribution in [3.8, 4) is 0 Å². The van der Waals surface area contributed by atoms with Crippen molar-refractivity contribution in [2.45, 2.75) is 19.3 Å². The van der Waals surface area contributed by atoms with Crippen LogP contribution < -0.4 is 5.32 Å². The molecule has 2 saturated heterocycles. The lowest BCUT2D eigenvalue weighted by molar-refractivity contribution is 0.0968. The molecule has 2 heterocycles. The Balaban J connectivity index is 0.000000120. The van der Waals surface area contributed by atoms with Gasteiger partial charge in [-0.05, 0) is 19.3 Å². The molecule has 2 aliphatic heterocycles. The standard InChI is InChI=1S/C5H10O.C4H9NO/c1-2-4-6-5-3-1;1-3-6-4-2-5-1/h1-5H2;5H,1-4H2. The Hall–Kier alpha value is -0.120. The minimum atomic E-state index is 0.889. The Morgan fingerprint density at radius 2 is 1.25 bits per heavy atom. The minimum Gasteiger partial charge on any atom is -0.381 e. The zero-order valence-electron chi connectivity index (χ0n) is 7.68. The molecule has 72 valence electrons. The minimum absolute atomic E-state index is 0.889. The summed E-state index contributed by atoms with van der Waals surface area (Å²) in [4.78, 5) is 0. The first-order valence-corrected chi connectivity index (χ1v) is 4.86. The quantitative estimate of drug-likeness (QED) is 0.587. The number of rotatable bonds is 0. The molecule has 0 amide bonds. The van der Waals surface area contributed by atoms with Crippen molar-refractivity contribution in [2.24, 2.45) is 0 Å². The van der Waals surface area contributed by atoms with E-state index < -0.39 is 0 Å². The van der Waals surface area contributed by atoms with Crippen molar-refractivity contribution in [2.75, 3.05) is 39.5 Å². The van der Waals surface area contributed by atoms with E-state index in [1.54, 1.807) is 0 Å². The molecule has 0 aromatic carbocycles. The summed E-state index contributed by atoms with van der Waals surface area (Å²) in [6.45, 7) is 5.83. The average molecular weight is 173 g/mol. The van der Waals surface area contributed by atoms with Crippen molar-refractivity contribution in [3.05, 3.63) is 0 Å². The van der Waals surface area contributed by atoms with E-state index in [1.807, 2.05) is 0 Å². The lowest BCUT2D eigenvalue weighted by Crippen LogP contribution is -2.30. The monoisotopic (exact) mass is 173 g/mol. The second-order valence-electron chi connectivity index (χ2n) is 3.04. The Morgan fingerprint density at radius 1 is 0.667 bits per heavy atom. The lowest BCUT2D eigenvalue weighted by Gasteiger charge is -2.10. The van der Waals surface area contributed by atoms with E-state index in [0.717, 1.165) is 39.5 Å². The third kappa shape index (κ3) is 5.52. The van der Waals surface area contributed by atoms with Crippen LogP contribution in [0.5, 0.6) is 0 Å². The van der Waals surface area contributed by atoms with Crippen molar-refractivity contribution in [1.82, 2.24) is 5.32 Å². The molecule has 0 unspecified atom stereocenters. The van der Waals surface area contributed by atoms with Crippen LogP contribution in [0.25, 0.3) is 0 Å². The van der Waals surface area contributed by atoms with Crippen LogP contribution in [-0.4, -0.2) is 39.5 Å². The highest BCUT2D eigenvalue weighted by molar-refractivity contribution is 4.49. The summed E-state index contributed by atoms with van der Waals surface area (Å²) in [5.74, 6) is 0. The molecular formula is C9H19NO2. The van der Waals surface area contributed by atoms with Gasteiger partial charge in [0.15, 0.2) is 0 Å². The van der Waals surface area contributed by atoms with E-state index in [1.165, 1.54) is 19.3 Å². The van der Waals surface area contributed by atoms with Gasteiger partial charge < -0.3 is 14.8 Å². The zero-order valence-corrected chi connectivity index (χ0v) is 7.68. The largest absolute Gasteiger partial charge is 0.381 e. The van der Waals surface area contributed by atoms with Gasteiger partial charge in [0, 0.05) is 26.3 Å². The van der Waals surface area contributed by atoms with Crippen molar-refractivity contribution in [3.63, 3.8) is 0 Å². The normalized spacial score (nSPS) is 24.0. The summed E-state index contributed by atoms with van der Waals surface area (Å²) < 4.78 is 10.1. The number of nitrogens with one attached hydrogen (secondary N) is 1. The third-order valence-corrected chi connectivity index (χ3v) is 1.92. The smallest absolute Gasteiger partial charge is 0.0591 e. The summed E-state index contributed by atoms with van der Waals surface area (Å²) in [6, 6.07) is 0. The fourth-order valence-electron chi connectivity index (χ4n) is 1.20. The van der Waals surface area contributed by atoms with Crippen LogP contribution in [0.3, 0.4) is 0 Å². The zero-order chi connectivity index (χ0) is 8.49. The second kappa shape index (κ2) is 7.53. The van der Waals surface area contributed by atoms with E-state index in [2.05, 4.69) is 5.32 Å². The summed E-state index contributed by atoms with van der Waals surface area (Å²) >= 11 is 0. The van der Waals surface area contributed by atoms with Crippen LogP contribution in [-0.2, 0) is 9.47 Å². The molecule has 0 bridgehead atoms. The van der Waals surface area contributed by atoms with Gasteiger partial charge in [-0.1, -0.05) is 0 Å². The molecule has 0 spiro atoms. The molecule has 3 heteroatoms. The highest BCUT2D eigenvalue weighted by Crippen LogP contribution is 2.02. The third-order valence-electron chi connectivity index (χ3n) is 1.92. The van der Waals surface area contributed by atoms with Crippen LogP contribution in [0, 0.1) is 0 Å². The van der Waals surface area contributed by atoms with Gasteiger partial charge in [-0.15, -0.1) is 0 Å². The number of hydrogen-bond acceptors (Lipinski definition) is 3. The number of morpholine rings is 1. The van der Waals surface area contributed by atoms with E-state index in [9.17, 15) is 0 Å². The van der Waals surface area contributed by atoms with Crippen LogP contribution in [0.15, 0.2) is 0 Å². The molecular weight excluding hydrogens is 154 g/mol. The van der Waals surface area contributed by atoms with Gasteiger partial charge in [0.2, 0.25) is 0 Å². The van der Waals surface area contributed by atoms with Crippen molar-refractivity contribution in [1.29, 1.82) is 0 Å². The van der Waals surface area contributed by atoms with Crippen molar-refractivity contribution >= 4 is 0 Å². The molecule has 2 fully saturated rings. The molecule has 2 aliphatic rings. The van der Waals surface area contributed by atoms with Crippen LogP contribution in [0.4, 0.5) is 0 Å².